The molecule has 0 aromatic carbocycles. The van der Waals surface area contributed by atoms with Gasteiger partial charge in [-0.25, -0.2) is 4.99 Å². The number of carbonyl (C=O) groups is 1. The number of rotatable bonds is 10. The molecule has 0 unspecified atom stereocenters. The number of carboxylic acid groups (broad SMARTS) is 1. The zero-order valence-corrected chi connectivity index (χ0v) is 15.5. The number of unbranched alkanes of at least 4 members (excludes halogenated alkanes) is 2. The van der Waals surface area contributed by atoms with E-state index in [4.69, 9.17) is 14.8 Å². The van der Waals surface area contributed by atoms with Crippen LogP contribution in [0.1, 0.15) is 49.7 Å². The number of aromatic amines is 2. The zero-order chi connectivity index (χ0) is 19.1. The Morgan fingerprint density at radius 3 is 2.89 bits per heavy atom. The molecule has 0 bridgehead atoms. The number of hydrogen-bond acceptors (Lipinski definition) is 3. The van der Waals surface area contributed by atoms with Crippen molar-refractivity contribution in [2.75, 3.05) is 6.61 Å². The van der Waals surface area contributed by atoms with Crippen LogP contribution in [0, 0.1) is 0 Å². The van der Waals surface area contributed by atoms with Gasteiger partial charge in [0.15, 0.2) is 0 Å². The van der Waals surface area contributed by atoms with Gasteiger partial charge in [0.1, 0.15) is 11.5 Å². The van der Waals surface area contributed by atoms with Crippen LogP contribution in [-0.2, 0) is 16.0 Å². The molecule has 1 aliphatic heterocycles. The van der Waals surface area contributed by atoms with Crippen LogP contribution in [-0.4, -0.2) is 33.4 Å². The second-order valence-electron chi connectivity index (χ2n) is 6.45. The smallest absolute Gasteiger partial charge is 0.303 e. The molecule has 0 fully saturated rings. The van der Waals surface area contributed by atoms with Crippen LogP contribution in [0.25, 0.3) is 6.08 Å². The number of carboxylic acids is 1. The second-order valence-corrected chi connectivity index (χ2v) is 6.45. The van der Waals surface area contributed by atoms with Gasteiger partial charge in [-0.1, -0.05) is 6.42 Å². The quantitative estimate of drug-likeness (QED) is 0.547. The van der Waals surface area contributed by atoms with Gasteiger partial charge in [0.25, 0.3) is 0 Å². The number of hydrogen-bond donors (Lipinski definition) is 3. The van der Waals surface area contributed by atoms with Gasteiger partial charge >= 0.3 is 5.97 Å². The summed E-state index contributed by atoms with van der Waals surface area (Å²) in [5.41, 5.74) is 4.75. The van der Waals surface area contributed by atoms with E-state index < -0.39 is 5.97 Å². The molecule has 3 N–H and O–H groups in total. The lowest BCUT2D eigenvalue weighted by Gasteiger charge is -2.04. The fraction of sp³-hybridized carbons (Fsp3) is 0.333. The number of aryl methyl sites for hydroxylation is 1. The summed E-state index contributed by atoms with van der Waals surface area (Å²) in [6.45, 7) is 2.55. The average molecular weight is 367 g/mol. The molecular weight excluding hydrogens is 342 g/mol. The maximum absolute atomic E-state index is 10.5. The average Bonchev–Trinajstić information content (AvgIpc) is 3.37. The minimum absolute atomic E-state index is 0.246. The van der Waals surface area contributed by atoms with Crippen molar-refractivity contribution in [1.82, 2.24) is 9.97 Å². The van der Waals surface area contributed by atoms with Gasteiger partial charge in [0.2, 0.25) is 0 Å². The summed E-state index contributed by atoms with van der Waals surface area (Å²) in [6, 6.07) is 8.03. The van der Waals surface area contributed by atoms with Gasteiger partial charge in [-0.3, -0.25) is 4.79 Å². The van der Waals surface area contributed by atoms with Crippen molar-refractivity contribution in [2.45, 2.75) is 39.0 Å². The van der Waals surface area contributed by atoms with Crippen LogP contribution < -0.4 is 0 Å². The lowest BCUT2D eigenvalue weighted by molar-refractivity contribution is -0.137. The highest BCUT2D eigenvalue weighted by atomic mass is 16.5. The molecule has 0 radical (unpaired) electrons. The Morgan fingerprint density at radius 2 is 2.15 bits per heavy atom. The Morgan fingerprint density at radius 1 is 1.26 bits per heavy atom. The van der Waals surface area contributed by atoms with E-state index in [-0.39, 0.29) is 6.42 Å². The Bertz CT molecular complexity index is 857. The van der Waals surface area contributed by atoms with Crippen LogP contribution in [0.15, 0.2) is 53.0 Å². The highest BCUT2D eigenvalue weighted by Crippen LogP contribution is 2.25. The maximum Gasteiger partial charge on any atom is 0.303 e. The molecule has 142 valence electrons. The Kier molecular flexibility index (Phi) is 6.30. The summed E-state index contributed by atoms with van der Waals surface area (Å²) in [5, 5.41) is 8.67. The molecule has 0 aliphatic carbocycles. The molecule has 2 aromatic heterocycles. The number of H-pyrrole nitrogens is 2. The third-order valence-corrected chi connectivity index (χ3v) is 4.33. The summed E-state index contributed by atoms with van der Waals surface area (Å²) >= 11 is 0. The largest absolute Gasteiger partial charge is 0.492 e. The third-order valence-electron chi connectivity index (χ3n) is 4.33. The van der Waals surface area contributed by atoms with Crippen LogP contribution in [0.2, 0.25) is 0 Å². The summed E-state index contributed by atoms with van der Waals surface area (Å²) < 4.78 is 5.74. The van der Waals surface area contributed by atoms with E-state index in [1.807, 2.05) is 43.5 Å². The number of nitrogens with one attached hydrogen (secondary N) is 2. The zero-order valence-electron chi connectivity index (χ0n) is 15.5. The van der Waals surface area contributed by atoms with Gasteiger partial charge in [-0.2, -0.15) is 0 Å². The molecule has 27 heavy (non-hydrogen) atoms. The fourth-order valence-corrected chi connectivity index (χ4v) is 3.02. The van der Waals surface area contributed by atoms with E-state index in [0.29, 0.717) is 6.61 Å². The highest BCUT2D eigenvalue weighted by Gasteiger charge is 2.17. The Balaban J connectivity index is 1.64. The Labute approximate surface area is 158 Å². The van der Waals surface area contributed by atoms with Gasteiger partial charge in [0, 0.05) is 30.1 Å². The SMILES string of the molecule is CCOC1=CC(c2ccc[nH]2)=NC1=Cc1ccc(CCCCCC(=O)O)[nH]1. The number of aliphatic carboxylic acids is 1. The lowest BCUT2D eigenvalue weighted by atomic mass is 10.1. The molecule has 0 saturated carbocycles. The fourth-order valence-electron chi connectivity index (χ4n) is 3.02. The molecule has 3 rings (SSSR count). The van der Waals surface area contributed by atoms with Crippen molar-refractivity contribution in [2.24, 2.45) is 4.99 Å². The van der Waals surface area contributed by atoms with Crippen molar-refractivity contribution in [1.29, 1.82) is 0 Å². The first-order chi connectivity index (χ1) is 13.2. The lowest BCUT2D eigenvalue weighted by Crippen LogP contribution is -1.94. The van der Waals surface area contributed by atoms with Crippen molar-refractivity contribution in [3.63, 3.8) is 0 Å². The first-order valence-corrected chi connectivity index (χ1v) is 9.34. The topological polar surface area (TPSA) is 90.5 Å². The van der Waals surface area contributed by atoms with E-state index in [9.17, 15) is 4.79 Å². The first kappa shape index (κ1) is 18.8. The normalized spacial score (nSPS) is 15.1. The Hall–Kier alpha value is -3.02. The molecule has 2 aromatic rings. The summed E-state index contributed by atoms with van der Waals surface area (Å²) in [7, 11) is 0. The number of allylic oxidation sites excluding steroid dienone is 1. The number of aliphatic imine (C=N–C) groups is 1. The van der Waals surface area contributed by atoms with Crippen molar-refractivity contribution < 1.29 is 14.6 Å². The minimum Gasteiger partial charge on any atom is -0.492 e. The monoisotopic (exact) mass is 367 g/mol. The minimum atomic E-state index is -0.724. The number of ether oxygens (including phenoxy) is 1. The first-order valence-electron chi connectivity index (χ1n) is 9.34. The van der Waals surface area contributed by atoms with Crippen molar-refractivity contribution in [3.8, 4) is 0 Å². The van der Waals surface area contributed by atoms with Crippen molar-refractivity contribution >= 4 is 17.8 Å². The highest BCUT2D eigenvalue weighted by molar-refractivity contribution is 6.11. The van der Waals surface area contributed by atoms with Crippen LogP contribution >= 0.6 is 0 Å². The van der Waals surface area contributed by atoms with Crippen LogP contribution in [0.3, 0.4) is 0 Å². The number of aromatic nitrogens is 2. The van der Waals surface area contributed by atoms with E-state index in [2.05, 4.69) is 16.0 Å². The molecule has 0 spiro atoms. The standard InChI is InChI=1S/C21H25N3O3/c1-2-27-20-14-18(17-8-6-12-22-17)24-19(20)13-16-11-10-15(23-16)7-4-3-5-9-21(25)26/h6,8,10-14,22-23H,2-5,7,9H2,1H3,(H,25,26). The predicted molar refractivity (Wildman–Crippen MR) is 106 cm³/mol. The van der Waals surface area contributed by atoms with E-state index >= 15 is 0 Å². The molecule has 0 atom stereocenters. The summed E-state index contributed by atoms with van der Waals surface area (Å²) in [4.78, 5) is 21.8. The van der Waals surface area contributed by atoms with Gasteiger partial charge < -0.3 is 19.8 Å². The molecule has 6 nitrogen and oxygen atoms in total. The van der Waals surface area contributed by atoms with E-state index in [1.54, 1.807) is 0 Å². The molecular formula is C21H25N3O3. The second kappa shape index (κ2) is 9.07. The van der Waals surface area contributed by atoms with Crippen LogP contribution in [0.4, 0.5) is 0 Å². The molecule has 6 heteroatoms. The number of nitrogens with zero attached hydrogens (tertiary/aromatic N) is 1. The van der Waals surface area contributed by atoms with Gasteiger partial charge in [-0.05, 0) is 56.5 Å². The van der Waals surface area contributed by atoms with Crippen LogP contribution in [0.5, 0.6) is 0 Å². The van der Waals surface area contributed by atoms with Gasteiger partial charge in [-0.15, -0.1) is 0 Å². The third kappa shape index (κ3) is 5.23. The maximum atomic E-state index is 10.5. The van der Waals surface area contributed by atoms with Gasteiger partial charge in [0.05, 0.1) is 18.0 Å². The summed E-state index contributed by atoms with van der Waals surface area (Å²) in [5.74, 6) is 0.0460. The predicted octanol–water partition coefficient (Wildman–Crippen LogP) is 4.29. The molecule has 3 heterocycles. The van der Waals surface area contributed by atoms with E-state index in [1.165, 1.54) is 0 Å². The molecule has 0 amide bonds. The van der Waals surface area contributed by atoms with Crippen molar-refractivity contribution in [3.05, 3.63) is 65.1 Å². The van der Waals surface area contributed by atoms with E-state index in [0.717, 1.165) is 59.9 Å². The summed E-state index contributed by atoms with van der Waals surface area (Å²) in [6.07, 6.45) is 9.60. The molecule has 0 saturated heterocycles. The molecule has 1 aliphatic rings.